The fraction of sp³-hybridized carbons (Fsp3) is 0.500. The standard InChI is InChI=1S/C24H35N3OS2/c1-6-7-8-19(21-13-17(2)9-10-18(21)3)14-26-24(28)27-23-20(15-29-4)11-12-25-22(23)16-30-5/h9-13,19H,6-8,14-16H2,1-5H3,(H2,26,27,28). The maximum Gasteiger partial charge on any atom is 0.319 e. The molecule has 1 aromatic carbocycles. The summed E-state index contributed by atoms with van der Waals surface area (Å²) in [4.78, 5) is 17.3. The zero-order valence-corrected chi connectivity index (χ0v) is 20.5. The molecule has 4 nitrogen and oxygen atoms in total. The molecule has 1 atom stereocenters. The van der Waals surface area contributed by atoms with Crippen molar-refractivity contribution >= 4 is 35.2 Å². The van der Waals surface area contributed by atoms with Gasteiger partial charge in [-0.3, -0.25) is 4.98 Å². The Kier molecular flexibility index (Phi) is 10.6. The molecule has 0 radical (unpaired) electrons. The van der Waals surface area contributed by atoms with Gasteiger partial charge < -0.3 is 10.6 Å². The molecule has 0 fully saturated rings. The molecule has 2 rings (SSSR count). The summed E-state index contributed by atoms with van der Waals surface area (Å²) in [5.74, 6) is 1.95. The largest absolute Gasteiger partial charge is 0.337 e. The van der Waals surface area contributed by atoms with Gasteiger partial charge in [-0.05, 0) is 55.5 Å². The van der Waals surface area contributed by atoms with E-state index < -0.39 is 0 Å². The predicted octanol–water partition coefficient (Wildman–Crippen LogP) is 6.52. The summed E-state index contributed by atoms with van der Waals surface area (Å²) in [5.41, 5.74) is 6.81. The quantitative estimate of drug-likeness (QED) is 0.413. The van der Waals surface area contributed by atoms with Crippen molar-refractivity contribution in [1.82, 2.24) is 10.3 Å². The van der Waals surface area contributed by atoms with Crippen molar-refractivity contribution in [1.29, 1.82) is 0 Å². The second kappa shape index (κ2) is 12.9. The molecule has 6 heteroatoms. The highest BCUT2D eigenvalue weighted by atomic mass is 32.2. The fourth-order valence-corrected chi connectivity index (χ4v) is 4.66. The molecule has 0 spiro atoms. The van der Waals surface area contributed by atoms with Crippen molar-refractivity contribution in [3.05, 3.63) is 58.4 Å². The normalized spacial score (nSPS) is 11.9. The Morgan fingerprint density at radius 2 is 1.90 bits per heavy atom. The van der Waals surface area contributed by atoms with E-state index in [1.807, 2.05) is 12.3 Å². The van der Waals surface area contributed by atoms with Crippen LogP contribution in [0.2, 0.25) is 0 Å². The summed E-state index contributed by atoms with van der Waals surface area (Å²) in [6.45, 7) is 7.13. The monoisotopic (exact) mass is 445 g/mol. The molecule has 1 heterocycles. The van der Waals surface area contributed by atoms with E-state index in [0.29, 0.717) is 12.5 Å². The third-order valence-corrected chi connectivity index (χ3v) is 6.39. The average Bonchev–Trinajstić information content (AvgIpc) is 2.73. The van der Waals surface area contributed by atoms with Crippen molar-refractivity contribution in [2.24, 2.45) is 0 Å². The minimum absolute atomic E-state index is 0.153. The molecule has 0 saturated carbocycles. The molecule has 0 aliphatic heterocycles. The highest BCUT2D eigenvalue weighted by Crippen LogP contribution is 2.27. The number of aromatic nitrogens is 1. The predicted molar refractivity (Wildman–Crippen MR) is 134 cm³/mol. The number of pyridine rings is 1. The van der Waals surface area contributed by atoms with E-state index in [1.54, 1.807) is 23.5 Å². The van der Waals surface area contributed by atoms with E-state index in [1.165, 1.54) is 16.7 Å². The van der Waals surface area contributed by atoms with Crippen LogP contribution >= 0.6 is 23.5 Å². The number of thioether (sulfide) groups is 2. The van der Waals surface area contributed by atoms with Crippen LogP contribution in [0.1, 0.15) is 60.1 Å². The highest BCUT2D eigenvalue weighted by Gasteiger charge is 2.17. The van der Waals surface area contributed by atoms with E-state index in [2.05, 4.69) is 67.1 Å². The van der Waals surface area contributed by atoms with Crippen LogP contribution in [0.5, 0.6) is 0 Å². The van der Waals surface area contributed by atoms with Gasteiger partial charge in [-0.2, -0.15) is 23.5 Å². The number of anilines is 1. The summed E-state index contributed by atoms with van der Waals surface area (Å²) in [7, 11) is 0. The van der Waals surface area contributed by atoms with E-state index in [-0.39, 0.29) is 6.03 Å². The Hall–Kier alpha value is -1.66. The molecular weight excluding hydrogens is 410 g/mol. The van der Waals surface area contributed by atoms with Gasteiger partial charge in [0.2, 0.25) is 0 Å². The van der Waals surface area contributed by atoms with Gasteiger partial charge in [-0.15, -0.1) is 0 Å². The van der Waals surface area contributed by atoms with Crippen molar-refractivity contribution < 1.29 is 4.79 Å². The van der Waals surface area contributed by atoms with Crippen molar-refractivity contribution in [3.8, 4) is 0 Å². The first-order valence-electron chi connectivity index (χ1n) is 10.6. The highest BCUT2D eigenvalue weighted by molar-refractivity contribution is 7.98. The number of hydrogen-bond acceptors (Lipinski definition) is 4. The van der Waals surface area contributed by atoms with Crippen molar-refractivity contribution in [2.45, 2.75) is 57.5 Å². The smallest absolute Gasteiger partial charge is 0.319 e. The van der Waals surface area contributed by atoms with Crippen LogP contribution in [0.3, 0.4) is 0 Å². The third kappa shape index (κ3) is 7.24. The first kappa shape index (κ1) is 24.6. The number of carbonyl (C=O) groups is 1. The van der Waals surface area contributed by atoms with Gasteiger partial charge in [0.25, 0.3) is 0 Å². The molecule has 164 valence electrons. The topological polar surface area (TPSA) is 54.0 Å². The van der Waals surface area contributed by atoms with Crippen LogP contribution in [0.4, 0.5) is 10.5 Å². The molecule has 0 saturated heterocycles. The summed E-state index contributed by atoms with van der Waals surface area (Å²) in [6.07, 6.45) is 9.33. The summed E-state index contributed by atoms with van der Waals surface area (Å²) in [6, 6.07) is 8.45. The fourth-order valence-electron chi connectivity index (χ4n) is 3.62. The van der Waals surface area contributed by atoms with Gasteiger partial charge in [0.1, 0.15) is 0 Å². The van der Waals surface area contributed by atoms with Gasteiger partial charge in [0.15, 0.2) is 0 Å². The van der Waals surface area contributed by atoms with Crippen LogP contribution in [0.25, 0.3) is 0 Å². The SMILES string of the molecule is CCCCC(CNC(=O)Nc1c(CSC)ccnc1CSC)c1cc(C)ccc1C. The minimum Gasteiger partial charge on any atom is -0.337 e. The van der Waals surface area contributed by atoms with Crippen LogP contribution in [-0.2, 0) is 11.5 Å². The number of aryl methyl sites for hydroxylation is 2. The molecule has 0 aliphatic rings. The molecule has 0 bridgehead atoms. The Morgan fingerprint density at radius 3 is 2.60 bits per heavy atom. The second-order valence-corrected chi connectivity index (χ2v) is 9.42. The first-order chi connectivity index (χ1) is 14.5. The number of urea groups is 1. The lowest BCUT2D eigenvalue weighted by Crippen LogP contribution is -2.33. The molecule has 1 aromatic heterocycles. The Morgan fingerprint density at radius 1 is 1.13 bits per heavy atom. The lowest BCUT2D eigenvalue weighted by Gasteiger charge is -2.21. The third-order valence-electron chi connectivity index (χ3n) is 5.22. The molecule has 2 aromatic rings. The zero-order valence-electron chi connectivity index (χ0n) is 18.9. The number of carbonyl (C=O) groups excluding carboxylic acids is 1. The number of hydrogen-bond donors (Lipinski definition) is 2. The van der Waals surface area contributed by atoms with E-state index in [0.717, 1.165) is 47.7 Å². The molecule has 2 amide bonds. The number of rotatable bonds is 11. The van der Waals surface area contributed by atoms with Crippen LogP contribution < -0.4 is 10.6 Å². The number of unbranched alkanes of at least 4 members (excludes halogenated alkanes) is 1. The zero-order chi connectivity index (χ0) is 21.9. The molecule has 2 N–H and O–H groups in total. The van der Waals surface area contributed by atoms with Crippen molar-refractivity contribution in [3.63, 3.8) is 0 Å². The Balaban J connectivity index is 2.13. The second-order valence-electron chi connectivity index (χ2n) is 7.69. The molecule has 30 heavy (non-hydrogen) atoms. The summed E-state index contributed by atoms with van der Waals surface area (Å²) in [5, 5.41) is 6.23. The summed E-state index contributed by atoms with van der Waals surface area (Å²) < 4.78 is 0. The number of nitrogens with zero attached hydrogens (tertiary/aromatic N) is 1. The maximum absolute atomic E-state index is 12.8. The van der Waals surface area contributed by atoms with E-state index >= 15 is 0 Å². The molecule has 0 aliphatic carbocycles. The van der Waals surface area contributed by atoms with Gasteiger partial charge in [-0.1, -0.05) is 43.5 Å². The first-order valence-corrected chi connectivity index (χ1v) is 13.4. The lowest BCUT2D eigenvalue weighted by atomic mass is 9.89. The van der Waals surface area contributed by atoms with E-state index in [9.17, 15) is 4.79 Å². The van der Waals surface area contributed by atoms with E-state index in [4.69, 9.17) is 0 Å². The van der Waals surface area contributed by atoms with Gasteiger partial charge >= 0.3 is 6.03 Å². The van der Waals surface area contributed by atoms with Gasteiger partial charge in [0, 0.05) is 30.2 Å². The van der Waals surface area contributed by atoms with Crippen LogP contribution in [0.15, 0.2) is 30.5 Å². The maximum atomic E-state index is 12.8. The average molecular weight is 446 g/mol. The molecular formula is C24H35N3OS2. The lowest BCUT2D eigenvalue weighted by molar-refractivity contribution is 0.251. The summed E-state index contributed by atoms with van der Waals surface area (Å²) >= 11 is 3.45. The Bertz CT molecular complexity index is 802. The van der Waals surface area contributed by atoms with Gasteiger partial charge in [-0.25, -0.2) is 4.79 Å². The number of amides is 2. The minimum atomic E-state index is -0.153. The van der Waals surface area contributed by atoms with Crippen molar-refractivity contribution in [2.75, 3.05) is 24.4 Å². The number of benzene rings is 1. The van der Waals surface area contributed by atoms with Crippen LogP contribution in [-0.4, -0.2) is 30.1 Å². The Labute approximate surface area is 190 Å². The van der Waals surface area contributed by atoms with Gasteiger partial charge in [0.05, 0.1) is 11.4 Å². The molecule has 1 unspecified atom stereocenters. The number of nitrogens with one attached hydrogen (secondary N) is 2. The van der Waals surface area contributed by atoms with Crippen LogP contribution in [0, 0.1) is 13.8 Å².